The van der Waals surface area contributed by atoms with Crippen LogP contribution in [-0.4, -0.2) is 24.3 Å². The van der Waals surface area contributed by atoms with Crippen molar-refractivity contribution in [3.63, 3.8) is 0 Å². The molecule has 1 aliphatic rings. The molecule has 2 rings (SSSR count). The molecular formula is C13H21NO2. The third kappa shape index (κ3) is 3.09. The van der Waals surface area contributed by atoms with Crippen LogP contribution < -0.4 is 5.32 Å². The second-order valence-electron chi connectivity index (χ2n) is 5.06. The molecule has 0 amide bonds. The van der Waals surface area contributed by atoms with E-state index in [0.29, 0.717) is 12.6 Å². The zero-order valence-corrected chi connectivity index (χ0v) is 9.91. The lowest BCUT2D eigenvalue weighted by molar-refractivity contribution is 0.204. The van der Waals surface area contributed by atoms with Crippen LogP contribution in [0.2, 0.25) is 0 Å². The van der Waals surface area contributed by atoms with Gasteiger partial charge in [0.25, 0.3) is 0 Å². The monoisotopic (exact) mass is 223 g/mol. The van der Waals surface area contributed by atoms with E-state index in [-0.39, 0.29) is 5.41 Å². The van der Waals surface area contributed by atoms with Crippen molar-refractivity contribution in [2.24, 2.45) is 5.41 Å². The highest BCUT2D eigenvalue weighted by atomic mass is 16.3. The highest BCUT2D eigenvalue weighted by Gasteiger charge is 2.41. The van der Waals surface area contributed by atoms with Gasteiger partial charge in [0, 0.05) is 31.0 Å². The Hall–Kier alpha value is -0.800. The molecule has 1 fully saturated rings. The van der Waals surface area contributed by atoms with Crippen molar-refractivity contribution >= 4 is 0 Å². The average molecular weight is 223 g/mol. The molecule has 1 aliphatic carbocycles. The van der Waals surface area contributed by atoms with E-state index in [0.717, 1.165) is 25.1 Å². The molecule has 1 aromatic rings. The second kappa shape index (κ2) is 5.02. The molecule has 16 heavy (non-hydrogen) atoms. The van der Waals surface area contributed by atoms with E-state index in [2.05, 4.69) is 12.2 Å². The fourth-order valence-electron chi connectivity index (χ4n) is 1.87. The molecule has 0 aromatic carbocycles. The number of aliphatic hydroxyl groups excluding tert-OH is 1. The molecule has 3 heteroatoms. The van der Waals surface area contributed by atoms with Crippen molar-refractivity contribution in [3.05, 3.63) is 24.2 Å². The van der Waals surface area contributed by atoms with Crippen molar-refractivity contribution in [1.29, 1.82) is 0 Å². The van der Waals surface area contributed by atoms with Crippen LogP contribution in [0.1, 0.15) is 31.9 Å². The first-order valence-electron chi connectivity index (χ1n) is 6.11. The van der Waals surface area contributed by atoms with E-state index in [1.807, 2.05) is 12.1 Å². The summed E-state index contributed by atoms with van der Waals surface area (Å²) in [5.74, 6) is 1.05. The fraction of sp³-hybridized carbons (Fsp3) is 0.692. The molecule has 0 spiro atoms. The van der Waals surface area contributed by atoms with Crippen molar-refractivity contribution in [2.45, 2.75) is 38.6 Å². The van der Waals surface area contributed by atoms with Gasteiger partial charge in [0.2, 0.25) is 0 Å². The van der Waals surface area contributed by atoms with Crippen molar-refractivity contribution in [1.82, 2.24) is 5.32 Å². The Balaban J connectivity index is 1.63. The number of hydrogen-bond donors (Lipinski definition) is 2. The van der Waals surface area contributed by atoms with Crippen molar-refractivity contribution < 1.29 is 9.52 Å². The maximum Gasteiger partial charge on any atom is 0.103 e. The largest absolute Gasteiger partial charge is 0.469 e. The van der Waals surface area contributed by atoms with E-state index < -0.39 is 0 Å². The molecule has 0 radical (unpaired) electrons. The summed E-state index contributed by atoms with van der Waals surface area (Å²) in [5, 5.41) is 12.7. The molecule has 1 saturated carbocycles. The zero-order valence-electron chi connectivity index (χ0n) is 9.91. The van der Waals surface area contributed by atoms with Crippen molar-refractivity contribution in [3.8, 4) is 0 Å². The number of aryl methyl sites for hydroxylation is 1. The average Bonchev–Trinajstić information content (AvgIpc) is 2.90. The predicted octanol–water partition coefficient (Wildman–Crippen LogP) is 1.96. The Labute approximate surface area is 96.8 Å². The predicted molar refractivity (Wildman–Crippen MR) is 63.2 cm³/mol. The van der Waals surface area contributed by atoms with Gasteiger partial charge in [-0.3, -0.25) is 0 Å². The molecule has 2 N–H and O–H groups in total. The Morgan fingerprint density at radius 3 is 2.94 bits per heavy atom. The Morgan fingerprint density at radius 1 is 1.56 bits per heavy atom. The number of hydrogen-bond acceptors (Lipinski definition) is 3. The third-order valence-electron chi connectivity index (χ3n) is 3.52. The normalized spacial score (nSPS) is 19.6. The Morgan fingerprint density at radius 2 is 2.38 bits per heavy atom. The molecule has 90 valence electrons. The number of rotatable bonds is 7. The first-order valence-corrected chi connectivity index (χ1v) is 6.11. The summed E-state index contributed by atoms with van der Waals surface area (Å²) in [6.45, 7) is 3.46. The van der Waals surface area contributed by atoms with Crippen LogP contribution >= 0.6 is 0 Å². The smallest absolute Gasteiger partial charge is 0.103 e. The molecule has 0 bridgehead atoms. The van der Waals surface area contributed by atoms with Crippen LogP contribution in [0.5, 0.6) is 0 Å². The van der Waals surface area contributed by atoms with Crippen LogP contribution in [0.15, 0.2) is 22.8 Å². The van der Waals surface area contributed by atoms with E-state index in [9.17, 15) is 5.11 Å². The van der Waals surface area contributed by atoms with Gasteiger partial charge in [-0.2, -0.15) is 0 Å². The lowest BCUT2D eigenvalue weighted by atomic mass is 10.1. The Bertz CT molecular complexity index is 304. The summed E-state index contributed by atoms with van der Waals surface area (Å²) in [5.41, 5.74) is 0.207. The van der Waals surface area contributed by atoms with E-state index in [1.165, 1.54) is 12.8 Å². The van der Waals surface area contributed by atoms with Crippen LogP contribution in [0.4, 0.5) is 0 Å². The lowest BCUT2D eigenvalue weighted by Crippen LogP contribution is -2.33. The maximum absolute atomic E-state index is 9.19. The van der Waals surface area contributed by atoms with E-state index in [4.69, 9.17) is 4.42 Å². The fourth-order valence-corrected chi connectivity index (χ4v) is 1.87. The van der Waals surface area contributed by atoms with Crippen LogP contribution in [-0.2, 0) is 6.42 Å². The number of furan rings is 1. The summed E-state index contributed by atoms with van der Waals surface area (Å²) >= 11 is 0. The first kappa shape index (κ1) is 11.7. The number of aliphatic hydroxyl groups is 1. The summed E-state index contributed by atoms with van der Waals surface area (Å²) in [4.78, 5) is 0. The summed E-state index contributed by atoms with van der Waals surface area (Å²) in [6.07, 6.45) is 6.11. The highest BCUT2D eigenvalue weighted by Crippen LogP contribution is 2.44. The molecular weight excluding hydrogens is 202 g/mol. The van der Waals surface area contributed by atoms with Gasteiger partial charge in [-0.25, -0.2) is 0 Å². The zero-order chi connectivity index (χ0) is 11.4. The molecule has 3 nitrogen and oxygen atoms in total. The van der Waals surface area contributed by atoms with Gasteiger partial charge in [0.15, 0.2) is 0 Å². The topological polar surface area (TPSA) is 45.4 Å². The van der Waals surface area contributed by atoms with Gasteiger partial charge in [-0.15, -0.1) is 0 Å². The van der Waals surface area contributed by atoms with E-state index >= 15 is 0 Å². The van der Waals surface area contributed by atoms with Gasteiger partial charge in [0.05, 0.1) is 6.26 Å². The minimum Gasteiger partial charge on any atom is -0.469 e. The van der Waals surface area contributed by atoms with E-state index in [1.54, 1.807) is 6.26 Å². The van der Waals surface area contributed by atoms with Gasteiger partial charge in [0.1, 0.15) is 5.76 Å². The summed E-state index contributed by atoms with van der Waals surface area (Å²) in [6, 6.07) is 4.43. The van der Waals surface area contributed by atoms with Gasteiger partial charge >= 0.3 is 0 Å². The van der Waals surface area contributed by atoms with Gasteiger partial charge < -0.3 is 14.8 Å². The quantitative estimate of drug-likeness (QED) is 0.742. The molecule has 0 aliphatic heterocycles. The Kier molecular flexibility index (Phi) is 3.66. The molecule has 1 atom stereocenters. The standard InChI is InChI=1S/C13H21NO2/c1-11(4-5-12-3-2-8-16-12)14-9-13(10-15)6-7-13/h2-3,8,11,14-15H,4-7,9-10H2,1H3. The maximum atomic E-state index is 9.19. The van der Waals surface area contributed by atoms with Crippen LogP contribution in [0, 0.1) is 5.41 Å². The van der Waals surface area contributed by atoms with Crippen LogP contribution in [0.3, 0.4) is 0 Å². The molecule has 1 heterocycles. The minimum absolute atomic E-state index is 0.207. The van der Waals surface area contributed by atoms with Gasteiger partial charge in [-0.05, 0) is 38.3 Å². The SMILES string of the molecule is CC(CCc1ccco1)NCC1(CO)CC1. The van der Waals surface area contributed by atoms with Crippen LogP contribution in [0.25, 0.3) is 0 Å². The molecule has 1 aromatic heterocycles. The summed E-state index contributed by atoms with van der Waals surface area (Å²) in [7, 11) is 0. The number of nitrogens with one attached hydrogen (secondary N) is 1. The first-order chi connectivity index (χ1) is 7.74. The lowest BCUT2D eigenvalue weighted by Gasteiger charge is -2.17. The highest BCUT2D eigenvalue weighted by molar-refractivity contribution is 4.99. The molecule has 1 unspecified atom stereocenters. The van der Waals surface area contributed by atoms with Gasteiger partial charge in [-0.1, -0.05) is 0 Å². The molecule has 0 saturated heterocycles. The van der Waals surface area contributed by atoms with Crippen molar-refractivity contribution in [2.75, 3.05) is 13.2 Å². The third-order valence-corrected chi connectivity index (χ3v) is 3.52. The summed E-state index contributed by atoms with van der Waals surface area (Å²) < 4.78 is 5.30. The minimum atomic E-state index is 0.207. The second-order valence-corrected chi connectivity index (χ2v) is 5.06.